The van der Waals surface area contributed by atoms with Crippen LogP contribution < -0.4 is 5.32 Å². The minimum absolute atomic E-state index is 0.00178. The van der Waals surface area contributed by atoms with E-state index in [4.69, 9.17) is 28.8 Å². The number of nitrogens with one attached hydrogen (secondary N) is 1. The molecule has 3 aliphatic rings. The maximum atomic E-state index is 13.1. The molecule has 4 atom stereocenters. The van der Waals surface area contributed by atoms with Crippen molar-refractivity contribution >= 4 is 29.9 Å². The molecule has 0 spiro atoms. The second-order valence-electron chi connectivity index (χ2n) is 9.53. The number of aliphatic hydroxyl groups is 1. The number of esters is 3. The van der Waals surface area contributed by atoms with Gasteiger partial charge in [-0.3, -0.25) is 4.79 Å². The molecule has 1 aliphatic carbocycles. The molecule has 11 heteroatoms. The zero-order valence-electron chi connectivity index (χ0n) is 20.5. The number of amides is 1. The smallest absolute Gasteiger partial charge is 0.348 e. The molecular weight excluding hydrogens is 486 g/mol. The van der Waals surface area contributed by atoms with E-state index >= 15 is 0 Å². The lowest BCUT2D eigenvalue weighted by atomic mass is 9.90. The highest BCUT2D eigenvalue weighted by Crippen LogP contribution is 2.32. The zero-order chi connectivity index (χ0) is 26.6. The normalized spacial score (nSPS) is 26.2. The van der Waals surface area contributed by atoms with Crippen LogP contribution in [0, 0.1) is 5.41 Å². The van der Waals surface area contributed by atoms with Crippen molar-refractivity contribution in [2.24, 2.45) is 5.41 Å². The summed E-state index contributed by atoms with van der Waals surface area (Å²) in [5.41, 5.74) is 0.296. The fraction of sp³-hybridized carbons (Fsp3) is 0.462. The Balaban J connectivity index is 1.45. The SMILES string of the molecule is CC1(C)COC(=O)[C@@H]1OC(=O)C=Cc1ccccc1C(=O)O[C@@H]1CC(C(=O)NCCO)=C[C@H]2OCO[C@H]21. The van der Waals surface area contributed by atoms with Crippen molar-refractivity contribution in [2.75, 3.05) is 26.6 Å². The van der Waals surface area contributed by atoms with Crippen LogP contribution in [0.2, 0.25) is 0 Å². The Morgan fingerprint density at radius 1 is 1.19 bits per heavy atom. The standard InChI is InChI=1S/C26H29NO10/c1-26(2)13-33-25(32)22(26)37-20(29)8-7-15-5-3-4-6-17(15)24(31)36-19-12-16(23(30)27-9-10-28)11-18-21(19)35-14-34-18/h3-8,11,18-19,21-22,28H,9-10,12-14H2,1-2H3,(H,27,30)/t18-,19-,21-,22+/m1/s1. The van der Waals surface area contributed by atoms with Crippen LogP contribution in [0.4, 0.5) is 0 Å². The van der Waals surface area contributed by atoms with Crippen LogP contribution >= 0.6 is 0 Å². The highest BCUT2D eigenvalue weighted by atomic mass is 16.7. The summed E-state index contributed by atoms with van der Waals surface area (Å²) in [6, 6.07) is 6.51. The fourth-order valence-corrected chi connectivity index (χ4v) is 4.28. The van der Waals surface area contributed by atoms with Gasteiger partial charge in [0.1, 0.15) is 31.7 Å². The van der Waals surface area contributed by atoms with E-state index in [-0.39, 0.29) is 44.4 Å². The number of hydrogen-bond acceptors (Lipinski definition) is 10. The van der Waals surface area contributed by atoms with Gasteiger partial charge in [-0.05, 0) is 23.8 Å². The average molecular weight is 516 g/mol. The molecule has 1 aromatic rings. The number of ether oxygens (including phenoxy) is 5. The predicted octanol–water partition coefficient (Wildman–Crippen LogP) is 0.900. The molecule has 0 bridgehead atoms. The van der Waals surface area contributed by atoms with E-state index in [2.05, 4.69) is 5.32 Å². The molecule has 0 radical (unpaired) electrons. The number of fused-ring (bicyclic) bond motifs is 1. The van der Waals surface area contributed by atoms with Gasteiger partial charge in [0, 0.05) is 30.0 Å². The molecule has 0 saturated carbocycles. The summed E-state index contributed by atoms with van der Waals surface area (Å²) in [7, 11) is 0. The third-order valence-corrected chi connectivity index (χ3v) is 6.27. The first-order valence-corrected chi connectivity index (χ1v) is 11.9. The van der Waals surface area contributed by atoms with Gasteiger partial charge in [-0.2, -0.15) is 0 Å². The number of rotatable bonds is 8. The summed E-state index contributed by atoms with van der Waals surface area (Å²) in [5, 5.41) is 11.5. The lowest BCUT2D eigenvalue weighted by molar-refractivity contribution is -0.159. The van der Waals surface area contributed by atoms with Gasteiger partial charge < -0.3 is 34.1 Å². The molecule has 2 fully saturated rings. The van der Waals surface area contributed by atoms with Crippen LogP contribution in [-0.4, -0.2) is 79.9 Å². The van der Waals surface area contributed by atoms with Crippen molar-refractivity contribution in [3.8, 4) is 0 Å². The molecule has 2 N–H and O–H groups in total. The van der Waals surface area contributed by atoms with Crippen molar-refractivity contribution in [1.29, 1.82) is 0 Å². The van der Waals surface area contributed by atoms with Crippen molar-refractivity contribution in [1.82, 2.24) is 5.32 Å². The first-order chi connectivity index (χ1) is 17.7. The highest BCUT2D eigenvalue weighted by molar-refractivity contribution is 5.97. The highest BCUT2D eigenvalue weighted by Gasteiger charge is 2.46. The third-order valence-electron chi connectivity index (χ3n) is 6.27. The molecule has 198 valence electrons. The van der Waals surface area contributed by atoms with Gasteiger partial charge in [-0.25, -0.2) is 14.4 Å². The van der Waals surface area contributed by atoms with E-state index in [9.17, 15) is 19.2 Å². The molecule has 1 aromatic carbocycles. The van der Waals surface area contributed by atoms with Gasteiger partial charge in [-0.15, -0.1) is 0 Å². The van der Waals surface area contributed by atoms with Crippen molar-refractivity contribution in [2.45, 2.75) is 44.7 Å². The Morgan fingerprint density at radius 2 is 1.97 bits per heavy atom. The molecule has 11 nitrogen and oxygen atoms in total. The Hall–Kier alpha value is -3.54. The van der Waals surface area contributed by atoms with E-state index in [1.165, 1.54) is 6.08 Å². The number of carbonyl (C=O) groups excluding carboxylic acids is 4. The first kappa shape index (κ1) is 26.5. The monoisotopic (exact) mass is 515 g/mol. The molecular formula is C26H29NO10. The Labute approximate surface area is 213 Å². The maximum absolute atomic E-state index is 13.1. The van der Waals surface area contributed by atoms with Gasteiger partial charge in [0.25, 0.3) is 0 Å². The lowest BCUT2D eigenvalue weighted by Crippen LogP contribution is -2.43. The summed E-state index contributed by atoms with van der Waals surface area (Å²) < 4.78 is 27.1. The minimum Gasteiger partial charge on any atom is -0.462 e. The van der Waals surface area contributed by atoms with Crippen LogP contribution in [-0.2, 0) is 38.1 Å². The Bertz CT molecular complexity index is 1120. The van der Waals surface area contributed by atoms with E-state index < -0.39 is 47.7 Å². The van der Waals surface area contributed by atoms with Gasteiger partial charge in [-0.1, -0.05) is 32.0 Å². The largest absolute Gasteiger partial charge is 0.462 e. The minimum atomic E-state index is -1.02. The van der Waals surface area contributed by atoms with Crippen LogP contribution in [0.15, 0.2) is 42.0 Å². The van der Waals surface area contributed by atoms with Crippen LogP contribution in [0.25, 0.3) is 6.08 Å². The molecule has 2 heterocycles. The second kappa shape index (κ2) is 11.2. The van der Waals surface area contributed by atoms with E-state index in [0.717, 1.165) is 6.08 Å². The summed E-state index contributed by atoms with van der Waals surface area (Å²) in [6.07, 6.45) is 1.32. The molecule has 2 aliphatic heterocycles. The third kappa shape index (κ3) is 6.07. The summed E-state index contributed by atoms with van der Waals surface area (Å²) in [6.45, 7) is 3.56. The summed E-state index contributed by atoms with van der Waals surface area (Å²) in [5.74, 6) is -2.42. The molecule has 37 heavy (non-hydrogen) atoms. The summed E-state index contributed by atoms with van der Waals surface area (Å²) in [4.78, 5) is 49.8. The van der Waals surface area contributed by atoms with Gasteiger partial charge in [0.05, 0.1) is 12.2 Å². The fourth-order valence-electron chi connectivity index (χ4n) is 4.28. The number of benzene rings is 1. The Morgan fingerprint density at radius 3 is 2.70 bits per heavy atom. The van der Waals surface area contributed by atoms with Gasteiger partial charge in [0.2, 0.25) is 12.0 Å². The van der Waals surface area contributed by atoms with Crippen molar-refractivity contribution in [3.05, 3.63) is 53.1 Å². The first-order valence-electron chi connectivity index (χ1n) is 11.9. The quantitative estimate of drug-likeness (QED) is 0.291. The van der Waals surface area contributed by atoms with Crippen LogP contribution in [0.5, 0.6) is 0 Å². The number of hydrogen-bond donors (Lipinski definition) is 2. The Kier molecular flexibility index (Phi) is 8.06. The predicted molar refractivity (Wildman–Crippen MR) is 127 cm³/mol. The lowest BCUT2D eigenvalue weighted by Gasteiger charge is -2.30. The van der Waals surface area contributed by atoms with Crippen LogP contribution in [0.3, 0.4) is 0 Å². The topological polar surface area (TPSA) is 147 Å². The molecule has 0 unspecified atom stereocenters. The maximum Gasteiger partial charge on any atom is 0.348 e. The van der Waals surface area contributed by atoms with Crippen molar-refractivity contribution in [3.63, 3.8) is 0 Å². The second-order valence-corrected chi connectivity index (χ2v) is 9.53. The van der Waals surface area contributed by atoms with Crippen LogP contribution in [0.1, 0.15) is 36.2 Å². The van der Waals surface area contributed by atoms with E-state index in [1.54, 1.807) is 44.2 Å². The molecule has 1 amide bonds. The van der Waals surface area contributed by atoms with E-state index in [0.29, 0.717) is 11.1 Å². The average Bonchev–Trinajstić information content (AvgIpc) is 3.46. The van der Waals surface area contributed by atoms with Gasteiger partial charge >= 0.3 is 17.9 Å². The molecule has 0 aromatic heterocycles. The van der Waals surface area contributed by atoms with E-state index in [1.807, 2.05) is 0 Å². The molecule has 2 saturated heterocycles. The number of cyclic esters (lactones) is 1. The van der Waals surface area contributed by atoms with Crippen molar-refractivity contribution < 1.29 is 48.0 Å². The number of aliphatic hydroxyl groups excluding tert-OH is 1. The molecule has 4 rings (SSSR count). The number of carbonyl (C=O) groups is 4. The summed E-state index contributed by atoms with van der Waals surface area (Å²) >= 11 is 0. The zero-order valence-corrected chi connectivity index (χ0v) is 20.5. The van der Waals surface area contributed by atoms with Gasteiger partial charge in [0.15, 0.2) is 0 Å².